The van der Waals surface area contributed by atoms with E-state index in [4.69, 9.17) is 9.47 Å². The van der Waals surface area contributed by atoms with Crippen LogP contribution in [0.4, 0.5) is 0 Å². The average molecular weight is 385 g/mol. The maximum absolute atomic E-state index is 13.0. The van der Waals surface area contributed by atoms with Crippen molar-refractivity contribution >= 4 is 16.6 Å². The summed E-state index contributed by atoms with van der Waals surface area (Å²) in [5, 5.41) is 11.0. The maximum Gasteiger partial charge on any atom is 0.211 e. The van der Waals surface area contributed by atoms with Crippen LogP contribution in [-0.2, 0) is 6.61 Å². The highest BCUT2D eigenvalue weighted by Crippen LogP contribution is 2.34. The minimum absolute atomic E-state index is 0.105. The Morgan fingerprint density at radius 1 is 0.966 bits per heavy atom. The van der Waals surface area contributed by atoms with Gasteiger partial charge in [0.2, 0.25) is 5.78 Å². The number of benzene rings is 3. The number of hydrogen-bond donors (Lipinski definition) is 1. The van der Waals surface area contributed by atoms with Gasteiger partial charge in [-0.1, -0.05) is 30.3 Å². The van der Waals surface area contributed by atoms with Crippen molar-refractivity contribution in [2.75, 3.05) is 7.11 Å². The van der Waals surface area contributed by atoms with Crippen molar-refractivity contribution in [3.05, 3.63) is 95.8 Å². The molecule has 4 rings (SSSR count). The van der Waals surface area contributed by atoms with Gasteiger partial charge in [0, 0.05) is 17.1 Å². The van der Waals surface area contributed by atoms with Gasteiger partial charge in [-0.2, -0.15) is 0 Å². The Morgan fingerprint density at radius 3 is 2.45 bits per heavy atom. The molecule has 0 saturated carbocycles. The number of ether oxygens (including phenoxy) is 2. The lowest BCUT2D eigenvalue weighted by atomic mass is 10.0. The van der Waals surface area contributed by atoms with Crippen molar-refractivity contribution in [2.45, 2.75) is 6.61 Å². The van der Waals surface area contributed by atoms with Crippen molar-refractivity contribution in [3.8, 4) is 17.2 Å². The lowest BCUT2D eigenvalue weighted by molar-refractivity contribution is 0.103. The molecular weight excluding hydrogens is 366 g/mol. The van der Waals surface area contributed by atoms with Gasteiger partial charge in [-0.05, 0) is 53.4 Å². The monoisotopic (exact) mass is 385 g/mol. The highest BCUT2D eigenvalue weighted by atomic mass is 16.5. The van der Waals surface area contributed by atoms with Gasteiger partial charge in [-0.25, -0.2) is 0 Å². The second kappa shape index (κ2) is 8.02. The quantitative estimate of drug-likeness (QED) is 0.485. The molecule has 0 aliphatic heterocycles. The summed E-state index contributed by atoms with van der Waals surface area (Å²) in [5.41, 5.74) is 1.80. The molecule has 1 aromatic heterocycles. The molecule has 0 spiro atoms. The van der Waals surface area contributed by atoms with E-state index in [-0.39, 0.29) is 11.5 Å². The Balaban J connectivity index is 1.74. The van der Waals surface area contributed by atoms with Crippen molar-refractivity contribution < 1.29 is 19.4 Å². The molecule has 0 fully saturated rings. The Bertz CT molecular complexity index is 1150. The third kappa shape index (κ3) is 3.89. The van der Waals surface area contributed by atoms with E-state index in [1.165, 1.54) is 12.1 Å². The van der Waals surface area contributed by atoms with Crippen molar-refractivity contribution in [2.24, 2.45) is 0 Å². The van der Waals surface area contributed by atoms with E-state index in [0.29, 0.717) is 34.7 Å². The first-order valence-corrected chi connectivity index (χ1v) is 9.13. The molecular formula is C24H19NO4. The first-order valence-electron chi connectivity index (χ1n) is 9.13. The fourth-order valence-electron chi connectivity index (χ4n) is 3.12. The van der Waals surface area contributed by atoms with Gasteiger partial charge in [0.25, 0.3) is 0 Å². The molecule has 0 unspecified atom stereocenters. The summed E-state index contributed by atoms with van der Waals surface area (Å²) in [4.78, 5) is 17.3. The molecule has 0 atom stereocenters. The van der Waals surface area contributed by atoms with Gasteiger partial charge in [0.1, 0.15) is 18.1 Å². The van der Waals surface area contributed by atoms with Crippen LogP contribution in [-0.4, -0.2) is 23.0 Å². The minimum atomic E-state index is -0.227. The van der Waals surface area contributed by atoms with Crippen LogP contribution in [0.25, 0.3) is 10.8 Å². The zero-order chi connectivity index (χ0) is 20.2. The number of fused-ring (bicyclic) bond motifs is 1. The minimum Gasteiger partial charge on any atom is -0.508 e. The standard InChI is InChI=1S/C24H19NO4/c1-28-21-13-18-11-12-25-23(24(27)17-7-9-19(26)10-8-17)20(18)14-22(21)29-15-16-5-3-2-4-6-16/h2-14,26H,15H2,1H3. The number of phenols is 1. The molecule has 0 saturated heterocycles. The summed E-state index contributed by atoms with van der Waals surface area (Å²) in [5.74, 6) is 1.00. The number of phenolic OH excluding ortho intramolecular Hbond substituents is 1. The fraction of sp³-hybridized carbons (Fsp3) is 0.0833. The van der Waals surface area contributed by atoms with E-state index in [1.54, 1.807) is 31.5 Å². The predicted molar refractivity (Wildman–Crippen MR) is 111 cm³/mol. The van der Waals surface area contributed by atoms with Crippen molar-refractivity contribution in [3.63, 3.8) is 0 Å². The zero-order valence-electron chi connectivity index (χ0n) is 15.8. The fourth-order valence-corrected chi connectivity index (χ4v) is 3.12. The van der Waals surface area contributed by atoms with Gasteiger partial charge >= 0.3 is 0 Å². The van der Waals surface area contributed by atoms with Gasteiger partial charge < -0.3 is 14.6 Å². The molecule has 5 nitrogen and oxygen atoms in total. The van der Waals surface area contributed by atoms with Crippen LogP contribution in [0.2, 0.25) is 0 Å². The SMILES string of the molecule is COc1cc2ccnc(C(=O)c3ccc(O)cc3)c2cc1OCc1ccccc1. The van der Waals surface area contributed by atoms with Gasteiger partial charge in [0.05, 0.1) is 7.11 Å². The Labute approximate surface area is 168 Å². The normalized spacial score (nSPS) is 10.7. The van der Waals surface area contributed by atoms with Gasteiger partial charge in [-0.3, -0.25) is 9.78 Å². The largest absolute Gasteiger partial charge is 0.508 e. The molecule has 0 aliphatic carbocycles. The summed E-state index contributed by atoms with van der Waals surface area (Å²) >= 11 is 0. The summed E-state index contributed by atoms with van der Waals surface area (Å²) in [6.07, 6.45) is 1.60. The van der Waals surface area contributed by atoms with Crippen molar-refractivity contribution in [1.29, 1.82) is 0 Å². The molecule has 1 N–H and O–H groups in total. The third-order valence-electron chi connectivity index (χ3n) is 4.63. The molecule has 5 heteroatoms. The lowest BCUT2D eigenvalue weighted by Gasteiger charge is -2.13. The lowest BCUT2D eigenvalue weighted by Crippen LogP contribution is -2.05. The van der Waals surface area contributed by atoms with Crippen LogP contribution < -0.4 is 9.47 Å². The summed E-state index contributed by atoms with van der Waals surface area (Å²) < 4.78 is 11.5. The number of methoxy groups -OCH3 is 1. The molecule has 4 aromatic rings. The number of carbonyl (C=O) groups excluding carboxylic acids is 1. The number of hydrogen-bond acceptors (Lipinski definition) is 5. The first kappa shape index (κ1) is 18.5. The molecule has 0 amide bonds. The summed E-state index contributed by atoms with van der Waals surface area (Å²) in [7, 11) is 1.58. The molecule has 1 heterocycles. The molecule has 29 heavy (non-hydrogen) atoms. The van der Waals surface area contributed by atoms with Crippen LogP contribution in [0.1, 0.15) is 21.6 Å². The van der Waals surface area contributed by atoms with Crippen LogP contribution >= 0.6 is 0 Å². The number of aromatic nitrogens is 1. The maximum atomic E-state index is 13.0. The topological polar surface area (TPSA) is 68.7 Å². The Morgan fingerprint density at radius 2 is 1.72 bits per heavy atom. The van der Waals surface area contributed by atoms with Gasteiger partial charge in [0.15, 0.2) is 11.5 Å². The van der Waals surface area contributed by atoms with E-state index in [1.807, 2.05) is 42.5 Å². The molecule has 144 valence electrons. The smallest absolute Gasteiger partial charge is 0.211 e. The van der Waals surface area contributed by atoms with Gasteiger partial charge in [-0.15, -0.1) is 0 Å². The first-order chi connectivity index (χ1) is 14.2. The number of nitrogens with zero attached hydrogens (tertiary/aromatic N) is 1. The highest BCUT2D eigenvalue weighted by Gasteiger charge is 2.17. The molecule has 3 aromatic carbocycles. The Hall–Kier alpha value is -3.86. The molecule has 0 radical (unpaired) electrons. The highest BCUT2D eigenvalue weighted by molar-refractivity contribution is 6.15. The van der Waals surface area contributed by atoms with Crippen molar-refractivity contribution in [1.82, 2.24) is 4.98 Å². The number of aromatic hydroxyl groups is 1. The van der Waals surface area contributed by atoms with E-state index in [9.17, 15) is 9.90 Å². The second-order valence-electron chi connectivity index (χ2n) is 6.53. The van der Waals surface area contributed by atoms with E-state index < -0.39 is 0 Å². The second-order valence-corrected chi connectivity index (χ2v) is 6.53. The van der Waals surface area contributed by atoms with Crippen LogP contribution in [0.15, 0.2) is 79.0 Å². The summed E-state index contributed by atoms with van der Waals surface area (Å²) in [6.45, 7) is 0.379. The molecule has 0 aliphatic rings. The van der Waals surface area contributed by atoms with E-state index in [0.717, 1.165) is 10.9 Å². The third-order valence-corrected chi connectivity index (χ3v) is 4.63. The van der Waals surface area contributed by atoms with Crippen LogP contribution in [0.3, 0.4) is 0 Å². The number of pyridine rings is 1. The number of carbonyl (C=O) groups is 1. The summed E-state index contributed by atoms with van der Waals surface area (Å²) in [6, 6.07) is 21.4. The number of ketones is 1. The van der Waals surface area contributed by atoms with Crippen LogP contribution in [0.5, 0.6) is 17.2 Å². The van der Waals surface area contributed by atoms with Crippen LogP contribution in [0, 0.1) is 0 Å². The average Bonchev–Trinajstić information content (AvgIpc) is 2.77. The zero-order valence-corrected chi connectivity index (χ0v) is 15.8. The van der Waals surface area contributed by atoms with E-state index >= 15 is 0 Å². The Kier molecular flexibility index (Phi) is 5.12. The number of rotatable bonds is 6. The van der Waals surface area contributed by atoms with E-state index in [2.05, 4.69) is 4.98 Å². The molecule has 0 bridgehead atoms. The predicted octanol–water partition coefficient (Wildman–Crippen LogP) is 4.76.